The summed E-state index contributed by atoms with van der Waals surface area (Å²) in [5, 5.41) is 18.0. The zero-order valence-electron chi connectivity index (χ0n) is 9.47. The van der Waals surface area contributed by atoms with E-state index >= 15 is 0 Å². The van der Waals surface area contributed by atoms with Crippen LogP contribution in [0.2, 0.25) is 5.02 Å². The number of hydrogen-bond acceptors (Lipinski definition) is 3. The van der Waals surface area contributed by atoms with Crippen LogP contribution < -0.4 is 0 Å². The molecule has 0 saturated heterocycles. The van der Waals surface area contributed by atoms with Crippen molar-refractivity contribution in [1.29, 1.82) is 0 Å². The lowest BCUT2D eigenvalue weighted by Crippen LogP contribution is -2.35. The molecule has 0 aliphatic heterocycles. The molecule has 6 heteroatoms. The van der Waals surface area contributed by atoms with E-state index in [1.54, 1.807) is 0 Å². The number of carboxylic acids is 1. The van der Waals surface area contributed by atoms with Gasteiger partial charge in [0.2, 0.25) is 0 Å². The van der Waals surface area contributed by atoms with Gasteiger partial charge in [0, 0.05) is 12.1 Å². The summed E-state index contributed by atoms with van der Waals surface area (Å²) in [7, 11) is 0. The minimum absolute atomic E-state index is 0.0368. The van der Waals surface area contributed by atoms with Crippen molar-refractivity contribution in [3.63, 3.8) is 0 Å². The number of benzene rings is 1. The van der Waals surface area contributed by atoms with E-state index in [0.717, 1.165) is 4.90 Å². The third kappa shape index (κ3) is 3.49. The minimum Gasteiger partial charge on any atom is -0.506 e. The van der Waals surface area contributed by atoms with Crippen LogP contribution in [0.5, 0.6) is 5.75 Å². The largest absolute Gasteiger partial charge is 0.506 e. The summed E-state index contributed by atoms with van der Waals surface area (Å²) in [5.74, 6) is -1.74. The Balaban J connectivity index is 2.97. The zero-order chi connectivity index (χ0) is 13.7. The highest BCUT2D eigenvalue weighted by Gasteiger charge is 2.18. The van der Waals surface area contributed by atoms with Gasteiger partial charge in [-0.2, -0.15) is 0 Å². The molecule has 1 amide bonds. The number of amides is 1. The van der Waals surface area contributed by atoms with E-state index in [9.17, 15) is 14.7 Å². The Bertz CT molecular complexity index is 487. The van der Waals surface area contributed by atoms with E-state index in [2.05, 4.69) is 6.58 Å². The number of hydrogen-bond donors (Lipinski definition) is 2. The van der Waals surface area contributed by atoms with Crippen molar-refractivity contribution < 1.29 is 19.8 Å². The number of aliphatic carboxylic acids is 1. The third-order valence-corrected chi connectivity index (χ3v) is 2.46. The van der Waals surface area contributed by atoms with Gasteiger partial charge in [-0.05, 0) is 18.2 Å². The zero-order valence-corrected chi connectivity index (χ0v) is 10.2. The fraction of sp³-hybridized carbons (Fsp3) is 0.167. The number of carboxylic acid groups (broad SMARTS) is 1. The normalized spacial score (nSPS) is 9.83. The number of halogens is 1. The summed E-state index contributed by atoms with van der Waals surface area (Å²) in [6, 6.07) is 3.95. The second-order valence-corrected chi connectivity index (χ2v) is 3.94. The van der Waals surface area contributed by atoms with Gasteiger partial charge in [-0.25, -0.2) is 0 Å². The van der Waals surface area contributed by atoms with Crippen LogP contribution in [-0.2, 0) is 4.79 Å². The lowest BCUT2D eigenvalue weighted by molar-refractivity contribution is -0.137. The van der Waals surface area contributed by atoms with Crippen LogP contribution in [0.3, 0.4) is 0 Å². The van der Waals surface area contributed by atoms with E-state index < -0.39 is 18.4 Å². The lowest BCUT2D eigenvalue weighted by atomic mass is 10.2. The first kappa shape index (κ1) is 14.1. The van der Waals surface area contributed by atoms with E-state index in [4.69, 9.17) is 16.7 Å². The molecule has 2 N–H and O–H groups in total. The highest BCUT2D eigenvalue weighted by Crippen LogP contribution is 2.24. The molecule has 0 atom stereocenters. The van der Waals surface area contributed by atoms with Gasteiger partial charge in [0.25, 0.3) is 5.91 Å². The molecule has 1 rings (SSSR count). The molecular formula is C12H12ClNO4. The first-order valence-electron chi connectivity index (χ1n) is 5.06. The average molecular weight is 270 g/mol. The number of rotatable bonds is 5. The van der Waals surface area contributed by atoms with Crippen LogP contribution in [0, 0.1) is 0 Å². The molecule has 1 aromatic carbocycles. The van der Waals surface area contributed by atoms with Gasteiger partial charge in [0.1, 0.15) is 12.3 Å². The van der Waals surface area contributed by atoms with Crippen LogP contribution in [0.25, 0.3) is 0 Å². The minimum atomic E-state index is -1.12. The Labute approximate surface area is 109 Å². The SMILES string of the molecule is C=CCN(CC(=O)O)C(=O)c1ccc(O)c(Cl)c1. The summed E-state index contributed by atoms with van der Waals surface area (Å²) in [6.45, 7) is 3.15. The maximum atomic E-state index is 12.0. The lowest BCUT2D eigenvalue weighted by Gasteiger charge is -2.19. The van der Waals surface area contributed by atoms with Gasteiger partial charge in [-0.3, -0.25) is 9.59 Å². The molecule has 0 aliphatic rings. The van der Waals surface area contributed by atoms with Crippen molar-refractivity contribution in [2.75, 3.05) is 13.1 Å². The van der Waals surface area contributed by atoms with Gasteiger partial charge < -0.3 is 15.1 Å². The van der Waals surface area contributed by atoms with Crippen molar-refractivity contribution in [1.82, 2.24) is 4.90 Å². The standard InChI is InChI=1S/C12H12ClNO4/c1-2-5-14(7-11(16)17)12(18)8-3-4-10(15)9(13)6-8/h2-4,6,15H,1,5,7H2,(H,16,17). The number of phenols is 1. The van der Waals surface area contributed by atoms with E-state index in [0.29, 0.717) is 0 Å². The maximum Gasteiger partial charge on any atom is 0.323 e. The third-order valence-electron chi connectivity index (χ3n) is 2.16. The highest BCUT2D eigenvalue weighted by atomic mass is 35.5. The average Bonchev–Trinajstić information content (AvgIpc) is 2.31. The van der Waals surface area contributed by atoms with Crippen molar-refractivity contribution in [2.45, 2.75) is 0 Å². The molecule has 5 nitrogen and oxygen atoms in total. The Morgan fingerprint density at radius 1 is 1.44 bits per heavy atom. The second kappa shape index (κ2) is 6.07. The van der Waals surface area contributed by atoms with Crippen LogP contribution in [0.1, 0.15) is 10.4 Å². The quantitative estimate of drug-likeness (QED) is 0.799. The van der Waals surface area contributed by atoms with Crippen molar-refractivity contribution in [3.8, 4) is 5.75 Å². The Morgan fingerprint density at radius 3 is 2.61 bits per heavy atom. The molecule has 96 valence electrons. The number of nitrogens with zero attached hydrogens (tertiary/aromatic N) is 1. The predicted molar refractivity (Wildman–Crippen MR) is 66.9 cm³/mol. The molecule has 18 heavy (non-hydrogen) atoms. The summed E-state index contributed by atoms with van der Waals surface area (Å²) in [6.07, 6.45) is 1.43. The molecule has 0 bridgehead atoms. The first-order valence-corrected chi connectivity index (χ1v) is 5.44. The molecule has 0 aliphatic carbocycles. The Hall–Kier alpha value is -2.01. The van der Waals surface area contributed by atoms with Gasteiger partial charge in [-0.1, -0.05) is 17.7 Å². The number of aromatic hydroxyl groups is 1. The summed E-state index contributed by atoms with van der Waals surface area (Å²) < 4.78 is 0. The molecule has 1 aromatic rings. The first-order chi connectivity index (χ1) is 8.45. The summed E-state index contributed by atoms with van der Waals surface area (Å²) in [5.41, 5.74) is 0.209. The van der Waals surface area contributed by atoms with Crippen LogP contribution in [-0.4, -0.2) is 40.1 Å². The van der Waals surface area contributed by atoms with Gasteiger partial charge in [0.15, 0.2) is 0 Å². The van der Waals surface area contributed by atoms with E-state index in [-0.39, 0.29) is 22.9 Å². The van der Waals surface area contributed by atoms with Crippen LogP contribution in [0.4, 0.5) is 0 Å². The van der Waals surface area contributed by atoms with Gasteiger partial charge >= 0.3 is 5.97 Å². The number of phenolic OH excluding ortho intramolecular Hbond substituents is 1. The Morgan fingerprint density at radius 2 is 2.11 bits per heavy atom. The van der Waals surface area contributed by atoms with E-state index in [1.807, 2.05) is 0 Å². The monoisotopic (exact) mass is 269 g/mol. The number of carbonyl (C=O) groups is 2. The Kier molecular flexibility index (Phi) is 4.74. The predicted octanol–water partition coefficient (Wildman–Crippen LogP) is 1.76. The molecule has 0 unspecified atom stereocenters. The highest BCUT2D eigenvalue weighted by molar-refractivity contribution is 6.32. The van der Waals surface area contributed by atoms with Gasteiger partial charge in [0.05, 0.1) is 5.02 Å². The van der Waals surface area contributed by atoms with Crippen LogP contribution >= 0.6 is 11.6 Å². The van der Waals surface area contributed by atoms with Crippen molar-refractivity contribution >= 4 is 23.5 Å². The molecule has 0 radical (unpaired) electrons. The topological polar surface area (TPSA) is 77.8 Å². The summed E-state index contributed by atoms with van der Waals surface area (Å²) >= 11 is 5.69. The number of carbonyl (C=O) groups excluding carboxylic acids is 1. The molecule has 0 aromatic heterocycles. The fourth-order valence-electron chi connectivity index (χ4n) is 1.36. The second-order valence-electron chi connectivity index (χ2n) is 3.53. The molecule has 0 spiro atoms. The van der Waals surface area contributed by atoms with Crippen molar-refractivity contribution in [2.24, 2.45) is 0 Å². The van der Waals surface area contributed by atoms with Crippen molar-refractivity contribution in [3.05, 3.63) is 41.4 Å². The molecule has 0 fully saturated rings. The smallest absolute Gasteiger partial charge is 0.323 e. The van der Waals surface area contributed by atoms with E-state index in [1.165, 1.54) is 24.3 Å². The molecule has 0 heterocycles. The molecule has 0 saturated carbocycles. The fourth-order valence-corrected chi connectivity index (χ4v) is 1.54. The van der Waals surface area contributed by atoms with Crippen LogP contribution in [0.15, 0.2) is 30.9 Å². The molecular weight excluding hydrogens is 258 g/mol. The summed E-state index contributed by atoms with van der Waals surface area (Å²) in [4.78, 5) is 23.8. The van der Waals surface area contributed by atoms with Gasteiger partial charge in [-0.15, -0.1) is 6.58 Å². The maximum absolute atomic E-state index is 12.0.